The lowest BCUT2D eigenvalue weighted by Gasteiger charge is -2.24. The summed E-state index contributed by atoms with van der Waals surface area (Å²) in [6, 6.07) is 11.2. The van der Waals surface area contributed by atoms with Crippen molar-refractivity contribution in [1.29, 1.82) is 5.26 Å². The summed E-state index contributed by atoms with van der Waals surface area (Å²) in [5.41, 5.74) is 0. The number of para-hydroxylation sites is 1. The Balaban J connectivity index is 1.85. The van der Waals surface area contributed by atoms with Gasteiger partial charge in [-0.3, -0.25) is 0 Å². The maximum Gasteiger partial charge on any atom is 0.217 e. The number of hydrogen-bond acceptors (Lipinski definition) is 5. The smallest absolute Gasteiger partial charge is 0.217 e. The molecule has 1 aromatic carbocycles. The molecule has 1 saturated heterocycles. The Labute approximate surface area is 144 Å². The van der Waals surface area contributed by atoms with Crippen LogP contribution in [0.3, 0.4) is 0 Å². The molecule has 0 atom stereocenters. The van der Waals surface area contributed by atoms with E-state index in [9.17, 15) is 8.42 Å². The molecule has 2 rings (SSSR count). The van der Waals surface area contributed by atoms with Crippen molar-refractivity contribution in [3.05, 3.63) is 30.3 Å². The van der Waals surface area contributed by atoms with Crippen LogP contribution in [0.5, 0.6) is 5.75 Å². The minimum atomic E-state index is -3.43. The number of sulfonamides is 1. The van der Waals surface area contributed by atoms with Crippen LogP contribution < -0.4 is 4.74 Å². The van der Waals surface area contributed by atoms with Gasteiger partial charge in [-0.25, -0.2) is 8.42 Å². The van der Waals surface area contributed by atoms with Crippen LogP contribution in [0, 0.1) is 11.3 Å². The third-order valence-electron chi connectivity index (χ3n) is 4.08. The first-order valence-corrected chi connectivity index (χ1v) is 9.98. The van der Waals surface area contributed by atoms with E-state index in [1.54, 1.807) is 12.1 Å². The fourth-order valence-corrected chi connectivity index (χ4v) is 4.02. The van der Waals surface area contributed by atoms with Crippen LogP contribution in [-0.2, 0) is 10.0 Å². The fourth-order valence-electron chi connectivity index (χ4n) is 2.73. The highest BCUT2D eigenvalue weighted by molar-refractivity contribution is 7.89. The molecule has 1 fully saturated rings. The lowest BCUT2D eigenvalue weighted by atomic mass is 10.3. The number of hydrogen-bond donors (Lipinski definition) is 0. The molecule has 6 nitrogen and oxygen atoms in total. The van der Waals surface area contributed by atoms with Crippen molar-refractivity contribution < 1.29 is 13.2 Å². The van der Waals surface area contributed by atoms with Gasteiger partial charge in [-0.2, -0.15) is 9.57 Å². The molecular weight excluding hydrogens is 326 g/mol. The Morgan fingerprint density at radius 3 is 2.54 bits per heavy atom. The predicted molar refractivity (Wildman–Crippen MR) is 93.2 cm³/mol. The first kappa shape index (κ1) is 18.7. The van der Waals surface area contributed by atoms with Crippen LogP contribution in [0.25, 0.3) is 0 Å². The topological polar surface area (TPSA) is 73.6 Å². The summed E-state index contributed by atoms with van der Waals surface area (Å²) >= 11 is 0. The van der Waals surface area contributed by atoms with Crippen LogP contribution in [0.4, 0.5) is 0 Å². The normalized spacial score (nSPS) is 15.5. The molecule has 132 valence electrons. The highest BCUT2D eigenvalue weighted by Gasteiger charge is 2.23. The van der Waals surface area contributed by atoms with Crippen molar-refractivity contribution >= 4 is 10.0 Å². The predicted octanol–water partition coefficient (Wildman–Crippen LogP) is 1.71. The Morgan fingerprint density at radius 2 is 1.88 bits per heavy atom. The Bertz CT molecular complexity index is 622. The van der Waals surface area contributed by atoms with Gasteiger partial charge in [-0.1, -0.05) is 18.2 Å². The molecule has 0 amide bonds. The average molecular weight is 351 g/mol. The summed E-state index contributed by atoms with van der Waals surface area (Å²) in [6.07, 6.45) is 2.56. The molecule has 0 aromatic heterocycles. The highest BCUT2D eigenvalue weighted by Crippen LogP contribution is 2.11. The zero-order chi connectivity index (χ0) is 17.3. The number of likely N-dealkylation sites (tertiary alicyclic amines) is 1. The molecule has 0 spiro atoms. The summed E-state index contributed by atoms with van der Waals surface area (Å²) < 4.78 is 32.0. The van der Waals surface area contributed by atoms with Gasteiger partial charge in [0.2, 0.25) is 10.0 Å². The summed E-state index contributed by atoms with van der Waals surface area (Å²) in [7, 11) is -3.43. The molecule has 7 heteroatoms. The van der Waals surface area contributed by atoms with Gasteiger partial charge in [-0.15, -0.1) is 0 Å². The maximum atomic E-state index is 12.5. The van der Waals surface area contributed by atoms with E-state index in [0.29, 0.717) is 12.3 Å². The third-order valence-corrected chi connectivity index (χ3v) is 5.92. The molecule has 1 aliphatic rings. The maximum absolute atomic E-state index is 12.5. The van der Waals surface area contributed by atoms with Gasteiger partial charge in [0.15, 0.2) is 0 Å². The van der Waals surface area contributed by atoms with Crippen molar-refractivity contribution in [2.75, 3.05) is 45.1 Å². The number of ether oxygens (including phenoxy) is 1. The first-order chi connectivity index (χ1) is 11.6. The van der Waals surface area contributed by atoms with Crippen molar-refractivity contribution in [2.45, 2.75) is 19.3 Å². The molecule has 0 N–H and O–H groups in total. The molecule has 0 unspecified atom stereocenters. The van der Waals surface area contributed by atoms with Gasteiger partial charge in [0.1, 0.15) is 12.4 Å². The SMILES string of the molecule is N#CCCN(CCN1CCCC1)S(=O)(=O)CCOc1ccccc1. The third kappa shape index (κ3) is 6.11. The van der Waals surface area contributed by atoms with Gasteiger partial charge >= 0.3 is 0 Å². The van der Waals surface area contributed by atoms with Crippen molar-refractivity contribution in [1.82, 2.24) is 9.21 Å². The van der Waals surface area contributed by atoms with Gasteiger partial charge in [-0.05, 0) is 38.1 Å². The van der Waals surface area contributed by atoms with Crippen LogP contribution in [0.15, 0.2) is 30.3 Å². The van der Waals surface area contributed by atoms with E-state index in [1.807, 2.05) is 24.3 Å². The van der Waals surface area contributed by atoms with E-state index in [1.165, 1.54) is 17.1 Å². The van der Waals surface area contributed by atoms with E-state index in [2.05, 4.69) is 4.90 Å². The second-order valence-electron chi connectivity index (χ2n) is 5.83. The monoisotopic (exact) mass is 351 g/mol. The Kier molecular flexibility index (Phi) is 7.50. The molecule has 1 aromatic rings. The molecule has 24 heavy (non-hydrogen) atoms. The summed E-state index contributed by atoms with van der Waals surface area (Å²) in [5.74, 6) is 0.584. The van der Waals surface area contributed by atoms with Crippen LogP contribution in [-0.4, -0.2) is 62.7 Å². The van der Waals surface area contributed by atoms with Crippen molar-refractivity contribution in [3.63, 3.8) is 0 Å². The highest BCUT2D eigenvalue weighted by atomic mass is 32.2. The number of nitriles is 1. The van der Waals surface area contributed by atoms with Crippen LogP contribution >= 0.6 is 0 Å². The summed E-state index contributed by atoms with van der Waals surface area (Å²) in [4.78, 5) is 2.27. The second kappa shape index (κ2) is 9.62. The first-order valence-electron chi connectivity index (χ1n) is 8.37. The molecule has 1 heterocycles. The number of nitrogens with zero attached hydrogens (tertiary/aromatic N) is 3. The number of rotatable bonds is 10. The van der Waals surface area contributed by atoms with E-state index in [-0.39, 0.29) is 25.3 Å². The largest absolute Gasteiger partial charge is 0.492 e. The Morgan fingerprint density at radius 1 is 1.17 bits per heavy atom. The van der Waals surface area contributed by atoms with E-state index < -0.39 is 10.0 Å². The fraction of sp³-hybridized carbons (Fsp3) is 0.588. The van der Waals surface area contributed by atoms with Crippen LogP contribution in [0.1, 0.15) is 19.3 Å². The molecule has 0 saturated carbocycles. The molecule has 1 aliphatic heterocycles. The lowest BCUT2D eigenvalue weighted by Crippen LogP contribution is -2.40. The summed E-state index contributed by atoms with van der Waals surface area (Å²) in [6.45, 7) is 3.59. The second-order valence-corrected chi connectivity index (χ2v) is 7.92. The van der Waals surface area contributed by atoms with E-state index >= 15 is 0 Å². The standard InChI is InChI=1S/C17H25N3O3S/c18-9-6-12-20(14-13-19-10-4-5-11-19)24(21,22)16-15-23-17-7-2-1-3-8-17/h1-3,7-8H,4-6,10-16H2. The van der Waals surface area contributed by atoms with Gasteiger partial charge in [0, 0.05) is 26.1 Å². The van der Waals surface area contributed by atoms with E-state index in [4.69, 9.17) is 10.00 Å². The minimum absolute atomic E-state index is 0.0761. The Hall–Kier alpha value is -1.62. The van der Waals surface area contributed by atoms with Gasteiger partial charge in [0.05, 0.1) is 11.8 Å². The summed E-state index contributed by atoms with van der Waals surface area (Å²) in [5, 5.41) is 8.78. The molecular formula is C17H25N3O3S. The number of benzene rings is 1. The van der Waals surface area contributed by atoms with E-state index in [0.717, 1.165) is 19.6 Å². The van der Waals surface area contributed by atoms with Gasteiger partial charge in [0.25, 0.3) is 0 Å². The molecule has 0 radical (unpaired) electrons. The zero-order valence-corrected chi connectivity index (χ0v) is 14.7. The molecule has 0 bridgehead atoms. The average Bonchev–Trinajstić information content (AvgIpc) is 3.09. The molecule has 0 aliphatic carbocycles. The minimum Gasteiger partial charge on any atom is -0.492 e. The van der Waals surface area contributed by atoms with Crippen molar-refractivity contribution in [3.8, 4) is 11.8 Å². The van der Waals surface area contributed by atoms with Gasteiger partial charge < -0.3 is 9.64 Å². The van der Waals surface area contributed by atoms with Crippen molar-refractivity contribution in [2.24, 2.45) is 0 Å². The van der Waals surface area contributed by atoms with Crippen LogP contribution in [0.2, 0.25) is 0 Å². The lowest BCUT2D eigenvalue weighted by molar-refractivity contribution is 0.292. The zero-order valence-electron chi connectivity index (χ0n) is 13.9. The quantitative estimate of drug-likeness (QED) is 0.641.